The third-order valence-corrected chi connectivity index (χ3v) is 9.11. The fourth-order valence-corrected chi connectivity index (χ4v) is 6.32. The van der Waals surface area contributed by atoms with Crippen molar-refractivity contribution >= 4 is 67.0 Å². The van der Waals surface area contributed by atoms with E-state index in [4.69, 9.17) is 37.4 Å². The molecule has 4 aromatic carbocycles. The minimum Gasteiger partial charge on any atom is -0.495 e. The molecule has 13 heteroatoms. The van der Waals surface area contributed by atoms with Crippen LogP contribution in [0.5, 0.6) is 17.2 Å². The first-order valence-corrected chi connectivity index (χ1v) is 16.0. The van der Waals surface area contributed by atoms with Crippen molar-refractivity contribution in [1.82, 2.24) is 5.43 Å². The molecule has 0 aliphatic heterocycles. The molecule has 0 atom stereocenters. The molecule has 0 spiro atoms. The number of methoxy groups -OCH3 is 2. The van der Waals surface area contributed by atoms with E-state index in [-0.39, 0.29) is 28.0 Å². The Kier molecular flexibility index (Phi) is 11.1. The quantitative estimate of drug-likeness (QED) is 0.125. The molecule has 0 bridgehead atoms. The van der Waals surface area contributed by atoms with Gasteiger partial charge < -0.3 is 14.2 Å². The molecule has 1 amide bonds. The Bertz CT molecular complexity index is 1770. The van der Waals surface area contributed by atoms with E-state index in [1.807, 2.05) is 19.1 Å². The lowest BCUT2D eigenvalue weighted by atomic mass is 10.2. The number of hydrazone groups is 1. The van der Waals surface area contributed by atoms with Gasteiger partial charge in [-0.2, -0.15) is 5.10 Å². The fourth-order valence-electron chi connectivity index (χ4n) is 4.03. The van der Waals surface area contributed by atoms with Crippen molar-refractivity contribution in [2.24, 2.45) is 5.10 Å². The lowest BCUT2D eigenvalue weighted by Crippen LogP contribution is -2.39. The molecule has 9 nitrogen and oxygen atoms in total. The summed E-state index contributed by atoms with van der Waals surface area (Å²) in [6.45, 7) is 1.53. The summed E-state index contributed by atoms with van der Waals surface area (Å²) in [4.78, 5) is 13.0. The largest absolute Gasteiger partial charge is 0.495 e. The number of sulfonamides is 1. The van der Waals surface area contributed by atoms with Crippen LogP contribution in [0.1, 0.15) is 16.7 Å². The number of hydrogen-bond acceptors (Lipinski definition) is 7. The number of carbonyl (C=O) groups excluding carboxylic acids is 1. The molecular formula is C31H28BrCl2N3O6S. The van der Waals surface area contributed by atoms with Gasteiger partial charge in [-0.3, -0.25) is 9.10 Å². The van der Waals surface area contributed by atoms with Crippen LogP contribution in [0.2, 0.25) is 10.0 Å². The Balaban J connectivity index is 1.53. The number of carbonyl (C=O) groups is 1. The molecule has 230 valence electrons. The van der Waals surface area contributed by atoms with Crippen molar-refractivity contribution in [2.45, 2.75) is 18.4 Å². The van der Waals surface area contributed by atoms with Crippen molar-refractivity contribution in [2.75, 3.05) is 25.1 Å². The zero-order chi connectivity index (χ0) is 31.9. The summed E-state index contributed by atoms with van der Waals surface area (Å²) < 4.78 is 45.8. The van der Waals surface area contributed by atoms with E-state index in [0.717, 1.165) is 15.4 Å². The molecular weight excluding hydrogens is 693 g/mol. The Morgan fingerprint density at radius 3 is 2.25 bits per heavy atom. The molecule has 0 heterocycles. The summed E-state index contributed by atoms with van der Waals surface area (Å²) >= 11 is 15.7. The Morgan fingerprint density at radius 2 is 1.59 bits per heavy atom. The molecule has 44 heavy (non-hydrogen) atoms. The number of hydrogen-bond donors (Lipinski definition) is 1. The van der Waals surface area contributed by atoms with Crippen LogP contribution >= 0.6 is 39.1 Å². The number of aryl methyl sites for hydroxylation is 1. The van der Waals surface area contributed by atoms with Crippen LogP contribution in [-0.2, 0) is 21.4 Å². The summed E-state index contributed by atoms with van der Waals surface area (Å²) in [5, 5.41) is 4.93. The van der Waals surface area contributed by atoms with Gasteiger partial charge in [0.25, 0.3) is 15.9 Å². The molecule has 4 rings (SSSR count). The van der Waals surface area contributed by atoms with Gasteiger partial charge in [0.2, 0.25) is 0 Å². The summed E-state index contributed by atoms with van der Waals surface area (Å²) in [5.74, 6) is 0.435. The number of nitrogens with one attached hydrogen (secondary N) is 1. The van der Waals surface area contributed by atoms with Gasteiger partial charge in [0, 0.05) is 10.0 Å². The van der Waals surface area contributed by atoms with Gasteiger partial charge in [0.15, 0.2) is 11.5 Å². The van der Waals surface area contributed by atoms with Crippen LogP contribution in [0.25, 0.3) is 0 Å². The predicted molar refractivity (Wildman–Crippen MR) is 176 cm³/mol. The molecule has 0 aromatic heterocycles. The third-order valence-electron chi connectivity index (χ3n) is 6.26. The minimum absolute atomic E-state index is 0.00301. The van der Waals surface area contributed by atoms with E-state index < -0.39 is 22.5 Å². The second-order valence-corrected chi connectivity index (χ2v) is 13.0. The zero-order valence-corrected chi connectivity index (χ0v) is 27.8. The first kappa shape index (κ1) is 33.1. The first-order chi connectivity index (χ1) is 21.0. The number of rotatable bonds is 12. The summed E-state index contributed by atoms with van der Waals surface area (Å²) in [6.07, 6.45) is 1.40. The third kappa shape index (κ3) is 8.23. The van der Waals surface area contributed by atoms with Gasteiger partial charge in [0.1, 0.15) is 18.9 Å². The maximum atomic E-state index is 13.7. The number of ether oxygens (including phenoxy) is 3. The van der Waals surface area contributed by atoms with Crippen LogP contribution in [-0.4, -0.2) is 41.3 Å². The molecule has 1 N–H and O–H groups in total. The van der Waals surface area contributed by atoms with Crippen molar-refractivity contribution in [3.8, 4) is 17.2 Å². The highest BCUT2D eigenvalue weighted by Crippen LogP contribution is 2.37. The Morgan fingerprint density at radius 1 is 0.932 bits per heavy atom. The average molecular weight is 721 g/mol. The Labute approximate surface area is 274 Å². The van der Waals surface area contributed by atoms with Crippen LogP contribution in [0.3, 0.4) is 0 Å². The van der Waals surface area contributed by atoms with Gasteiger partial charge in [-0.05, 0) is 88.6 Å². The number of anilines is 1. The monoisotopic (exact) mass is 719 g/mol. The number of amides is 1. The van der Waals surface area contributed by atoms with Crippen molar-refractivity contribution < 1.29 is 27.4 Å². The lowest BCUT2D eigenvalue weighted by Gasteiger charge is -2.25. The summed E-state index contributed by atoms with van der Waals surface area (Å²) in [7, 11) is -1.30. The zero-order valence-electron chi connectivity index (χ0n) is 23.9. The highest BCUT2D eigenvalue weighted by molar-refractivity contribution is 9.10. The summed E-state index contributed by atoms with van der Waals surface area (Å²) in [5.41, 5.74) is 4.87. The van der Waals surface area contributed by atoms with Crippen LogP contribution in [0.4, 0.5) is 5.69 Å². The standard InChI is InChI=1S/C31H28BrCl2N3O6S/c1-20-4-11-25(12-5-20)44(39,40)37(27-16-24(34)10-13-28(27)41-2)18-30(38)36-35-17-22-14-26(32)31(29(15-22)42-3)43-19-21-6-8-23(33)9-7-21/h4-17H,18-19H2,1-3H3,(H,36,38)/b35-17-. The number of benzene rings is 4. The average Bonchev–Trinajstić information content (AvgIpc) is 3.00. The molecule has 0 aliphatic rings. The van der Waals surface area contributed by atoms with E-state index in [1.165, 1.54) is 44.7 Å². The van der Waals surface area contributed by atoms with Crippen molar-refractivity contribution in [3.05, 3.63) is 110 Å². The van der Waals surface area contributed by atoms with Gasteiger partial charge in [0.05, 0.1) is 35.5 Å². The van der Waals surface area contributed by atoms with E-state index in [1.54, 1.807) is 42.5 Å². The van der Waals surface area contributed by atoms with E-state index in [9.17, 15) is 13.2 Å². The van der Waals surface area contributed by atoms with Crippen LogP contribution < -0.4 is 23.9 Å². The summed E-state index contributed by atoms with van der Waals surface area (Å²) in [6, 6.07) is 21.5. The molecule has 0 fully saturated rings. The van der Waals surface area contributed by atoms with Gasteiger partial charge in [-0.1, -0.05) is 53.0 Å². The van der Waals surface area contributed by atoms with Crippen molar-refractivity contribution in [1.29, 1.82) is 0 Å². The van der Waals surface area contributed by atoms with E-state index >= 15 is 0 Å². The smallest absolute Gasteiger partial charge is 0.264 e. The highest BCUT2D eigenvalue weighted by Gasteiger charge is 2.29. The second-order valence-electron chi connectivity index (χ2n) is 9.38. The maximum Gasteiger partial charge on any atom is 0.264 e. The molecule has 0 radical (unpaired) electrons. The van der Waals surface area contributed by atoms with Gasteiger partial charge >= 0.3 is 0 Å². The maximum absolute atomic E-state index is 13.7. The molecule has 4 aromatic rings. The van der Waals surface area contributed by atoms with Gasteiger partial charge in [-0.25, -0.2) is 13.8 Å². The first-order valence-electron chi connectivity index (χ1n) is 13.0. The second kappa shape index (κ2) is 14.8. The molecule has 0 unspecified atom stereocenters. The SMILES string of the molecule is COc1ccc(Cl)cc1N(CC(=O)N/N=C\c1cc(Br)c(OCc2ccc(Cl)cc2)c(OC)c1)S(=O)(=O)c1ccc(C)cc1. The molecule has 0 saturated carbocycles. The number of halogens is 3. The highest BCUT2D eigenvalue weighted by atomic mass is 79.9. The van der Waals surface area contributed by atoms with Crippen LogP contribution in [0, 0.1) is 6.92 Å². The number of nitrogens with zero attached hydrogens (tertiary/aromatic N) is 2. The molecule has 0 aliphatic carbocycles. The minimum atomic E-state index is -4.20. The normalized spacial score (nSPS) is 11.3. The van der Waals surface area contributed by atoms with E-state index in [2.05, 4.69) is 26.5 Å². The van der Waals surface area contributed by atoms with E-state index in [0.29, 0.717) is 26.6 Å². The Hall–Kier alpha value is -3.77. The fraction of sp³-hybridized carbons (Fsp3) is 0.161. The predicted octanol–water partition coefficient (Wildman–Crippen LogP) is 7.01. The van der Waals surface area contributed by atoms with Crippen molar-refractivity contribution in [3.63, 3.8) is 0 Å². The molecule has 0 saturated heterocycles. The van der Waals surface area contributed by atoms with Gasteiger partial charge in [-0.15, -0.1) is 0 Å². The lowest BCUT2D eigenvalue weighted by molar-refractivity contribution is -0.119. The topological polar surface area (TPSA) is 107 Å². The van der Waals surface area contributed by atoms with Crippen LogP contribution in [0.15, 0.2) is 93.3 Å².